The maximum absolute atomic E-state index is 13.3. The highest BCUT2D eigenvalue weighted by Crippen LogP contribution is 2.24. The molecule has 0 spiro atoms. The van der Waals surface area contributed by atoms with Gasteiger partial charge in [-0.25, -0.2) is 9.37 Å². The lowest BCUT2D eigenvalue weighted by molar-refractivity contribution is 0.316. The Bertz CT molecular complexity index is 304. The first kappa shape index (κ1) is 12.6. The SMILES string of the molecule is CC(C)(C)c1csc(CC(F)CCN)n1. The highest BCUT2D eigenvalue weighted by molar-refractivity contribution is 7.09. The molecule has 4 heteroatoms. The predicted molar refractivity (Wildman–Crippen MR) is 63.1 cm³/mol. The fraction of sp³-hybridized carbons (Fsp3) is 0.727. The largest absolute Gasteiger partial charge is 0.330 e. The average molecular weight is 230 g/mol. The van der Waals surface area contributed by atoms with Gasteiger partial charge in [-0.15, -0.1) is 11.3 Å². The number of hydrogen-bond donors (Lipinski definition) is 1. The Hall–Kier alpha value is -0.480. The number of nitrogens with two attached hydrogens (primary N) is 1. The van der Waals surface area contributed by atoms with Gasteiger partial charge in [0, 0.05) is 17.2 Å². The lowest BCUT2D eigenvalue weighted by Gasteiger charge is -2.14. The Balaban J connectivity index is 2.61. The normalized spacial score (nSPS) is 14.2. The molecule has 0 saturated carbocycles. The van der Waals surface area contributed by atoms with Crippen molar-refractivity contribution >= 4 is 11.3 Å². The van der Waals surface area contributed by atoms with Crippen molar-refractivity contribution in [1.29, 1.82) is 0 Å². The molecule has 15 heavy (non-hydrogen) atoms. The second-order valence-electron chi connectivity index (χ2n) is 4.76. The molecule has 1 atom stereocenters. The smallest absolute Gasteiger partial charge is 0.108 e. The second-order valence-corrected chi connectivity index (χ2v) is 5.70. The molecule has 0 fully saturated rings. The molecule has 1 unspecified atom stereocenters. The van der Waals surface area contributed by atoms with E-state index in [1.54, 1.807) is 0 Å². The molecule has 0 aliphatic carbocycles. The van der Waals surface area contributed by atoms with Gasteiger partial charge in [0.05, 0.1) is 10.7 Å². The van der Waals surface area contributed by atoms with Crippen molar-refractivity contribution in [3.8, 4) is 0 Å². The van der Waals surface area contributed by atoms with Crippen LogP contribution in [0.15, 0.2) is 5.38 Å². The van der Waals surface area contributed by atoms with Crippen LogP contribution in [-0.4, -0.2) is 17.7 Å². The first-order valence-corrected chi connectivity index (χ1v) is 6.10. The average Bonchev–Trinajstić information content (AvgIpc) is 2.52. The van der Waals surface area contributed by atoms with E-state index in [1.807, 2.05) is 5.38 Å². The zero-order valence-electron chi connectivity index (χ0n) is 9.59. The van der Waals surface area contributed by atoms with Crippen molar-refractivity contribution < 1.29 is 4.39 Å². The fourth-order valence-corrected chi connectivity index (χ4v) is 2.30. The number of hydrogen-bond acceptors (Lipinski definition) is 3. The molecule has 0 aliphatic heterocycles. The van der Waals surface area contributed by atoms with E-state index >= 15 is 0 Å². The number of alkyl halides is 1. The monoisotopic (exact) mass is 230 g/mol. The predicted octanol–water partition coefficient (Wildman–Crippen LogP) is 2.67. The van der Waals surface area contributed by atoms with Crippen molar-refractivity contribution in [2.45, 2.75) is 45.2 Å². The molecule has 1 aromatic rings. The van der Waals surface area contributed by atoms with E-state index in [-0.39, 0.29) is 5.41 Å². The van der Waals surface area contributed by atoms with E-state index in [0.717, 1.165) is 10.7 Å². The first-order valence-electron chi connectivity index (χ1n) is 5.22. The number of nitrogens with zero attached hydrogens (tertiary/aromatic N) is 1. The summed E-state index contributed by atoms with van der Waals surface area (Å²) in [7, 11) is 0. The fourth-order valence-electron chi connectivity index (χ4n) is 1.22. The van der Waals surface area contributed by atoms with E-state index in [9.17, 15) is 4.39 Å². The summed E-state index contributed by atoms with van der Waals surface area (Å²) in [5.41, 5.74) is 6.39. The lowest BCUT2D eigenvalue weighted by Crippen LogP contribution is -2.13. The Labute approximate surface area is 94.7 Å². The zero-order valence-corrected chi connectivity index (χ0v) is 10.4. The number of aromatic nitrogens is 1. The van der Waals surface area contributed by atoms with Gasteiger partial charge in [0.15, 0.2) is 0 Å². The molecule has 86 valence electrons. The highest BCUT2D eigenvalue weighted by atomic mass is 32.1. The van der Waals surface area contributed by atoms with E-state index in [0.29, 0.717) is 19.4 Å². The first-order chi connectivity index (χ1) is 6.93. The Morgan fingerprint density at radius 1 is 1.53 bits per heavy atom. The quantitative estimate of drug-likeness (QED) is 0.863. The molecule has 0 saturated heterocycles. The summed E-state index contributed by atoms with van der Waals surface area (Å²) in [6.45, 7) is 6.73. The number of halogens is 1. The van der Waals surface area contributed by atoms with Crippen LogP contribution in [0.5, 0.6) is 0 Å². The summed E-state index contributed by atoms with van der Waals surface area (Å²) < 4.78 is 13.3. The molecule has 0 aromatic carbocycles. The molecular formula is C11H19FN2S. The van der Waals surface area contributed by atoms with Crippen LogP contribution in [-0.2, 0) is 11.8 Å². The molecule has 2 nitrogen and oxygen atoms in total. The third kappa shape index (κ3) is 3.87. The van der Waals surface area contributed by atoms with Crippen LogP contribution in [0.25, 0.3) is 0 Å². The van der Waals surface area contributed by atoms with Crippen LogP contribution >= 0.6 is 11.3 Å². The summed E-state index contributed by atoms with van der Waals surface area (Å²) in [5, 5.41) is 2.89. The summed E-state index contributed by atoms with van der Waals surface area (Å²) in [5.74, 6) is 0. The van der Waals surface area contributed by atoms with Crippen LogP contribution in [0.1, 0.15) is 37.9 Å². The van der Waals surface area contributed by atoms with Crippen molar-refractivity contribution in [2.24, 2.45) is 5.73 Å². The minimum absolute atomic E-state index is 0.0500. The Morgan fingerprint density at radius 3 is 2.67 bits per heavy atom. The van der Waals surface area contributed by atoms with Crippen molar-refractivity contribution in [3.05, 3.63) is 16.1 Å². The van der Waals surface area contributed by atoms with Crippen LogP contribution in [0.4, 0.5) is 4.39 Å². The minimum Gasteiger partial charge on any atom is -0.330 e. The molecule has 0 aliphatic rings. The van der Waals surface area contributed by atoms with Crippen molar-refractivity contribution in [1.82, 2.24) is 4.98 Å². The maximum Gasteiger partial charge on any atom is 0.108 e. The standard InChI is InChI=1S/C11H19FN2S/c1-11(2,3)9-7-15-10(14-9)6-8(12)4-5-13/h7-8H,4-6,13H2,1-3H3. The summed E-state index contributed by atoms with van der Waals surface area (Å²) >= 11 is 1.54. The van der Waals surface area contributed by atoms with Crippen LogP contribution in [0.3, 0.4) is 0 Å². The number of rotatable bonds is 4. The molecule has 1 aromatic heterocycles. The Kier molecular flexibility index (Phi) is 4.22. The van der Waals surface area contributed by atoms with Gasteiger partial charge in [0.1, 0.15) is 6.17 Å². The van der Waals surface area contributed by atoms with Crippen molar-refractivity contribution in [2.75, 3.05) is 6.54 Å². The highest BCUT2D eigenvalue weighted by Gasteiger charge is 2.18. The van der Waals surface area contributed by atoms with Gasteiger partial charge in [-0.3, -0.25) is 0 Å². The van der Waals surface area contributed by atoms with Crippen LogP contribution < -0.4 is 5.73 Å². The summed E-state index contributed by atoms with van der Waals surface area (Å²) in [6, 6.07) is 0. The van der Waals surface area contributed by atoms with Gasteiger partial charge in [-0.05, 0) is 13.0 Å². The van der Waals surface area contributed by atoms with Crippen LogP contribution in [0, 0.1) is 0 Å². The Morgan fingerprint density at radius 2 is 2.20 bits per heavy atom. The van der Waals surface area contributed by atoms with E-state index < -0.39 is 6.17 Å². The molecule has 0 bridgehead atoms. The van der Waals surface area contributed by atoms with E-state index in [2.05, 4.69) is 25.8 Å². The van der Waals surface area contributed by atoms with Gasteiger partial charge in [0.25, 0.3) is 0 Å². The van der Waals surface area contributed by atoms with Gasteiger partial charge in [0.2, 0.25) is 0 Å². The summed E-state index contributed by atoms with van der Waals surface area (Å²) in [6.07, 6.45) is -0.0310. The zero-order chi connectivity index (χ0) is 11.5. The lowest BCUT2D eigenvalue weighted by atomic mass is 9.93. The van der Waals surface area contributed by atoms with Gasteiger partial charge < -0.3 is 5.73 Å². The van der Waals surface area contributed by atoms with Crippen molar-refractivity contribution in [3.63, 3.8) is 0 Å². The van der Waals surface area contributed by atoms with Gasteiger partial charge in [-0.1, -0.05) is 20.8 Å². The van der Waals surface area contributed by atoms with Crippen LogP contribution in [0.2, 0.25) is 0 Å². The molecule has 0 amide bonds. The minimum atomic E-state index is -0.853. The molecule has 2 N–H and O–H groups in total. The second kappa shape index (κ2) is 5.03. The van der Waals surface area contributed by atoms with Gasteiger partial charge >= 0.3 is 0 Å². The molecule has 0 radical (unpaired) electrons. The summed E-state index contributed by atoms with van der Waals surface area (Å²) in [4.78, 5) is 4.44. The molecular weight excluding hydrogens is 211 g/mol. The maximum atomic E-state index is 13.3. The van der Waals surface area contributed by atoms with E-state index in [1.165, 1.54) is 11.3 Å². The third-order valence-electron chi connectivity index (χ3n) is 2.20. The molecule has 1 rings (SSSR count). The van der Waals surface area contributed by atoms with E-state index in [4.69, 9.17) is 5.73 Å². The van der Waals surface area contributed by atoms with Gasteiger partial charge in [-0.2, -0.15) is 0 Å². The number of thiazole rings is 1. The molecule has 1 heterocycles. The topological polar surface area (TPSA) is 38.9 Å². The third-order valence-corrected chi connectivity index (χ3v) is 3.07.